The molecule has 2 aromatic rings. The molecule has 1 heteroatoms. The molecule has 15 heavy (non-hydrogen) atoms. The molecule has 2 rings (SSSR count). The maximum absolute atomic E-state index is 2.25. The van der Waals surface area contributed by atoms with Crippen LogP contribution in [0.4, 0.5) is 0 Å². The fourth-order valence-electron chi connectivity index (χ4n) is 1.47. The van der Waals surface area contributed by atoms with Gasteiger partial charge in [-0.1, -0.05) is 40.7 Å². The summed E-state index contributed by atoms with van der Waals surface area (Å²) in [5, 5.41) is 0. The Balaban J connectivity index is 0.000000531. The van der Waals surface area contributed by atoms with Gasteiger partial charge in [0.2, 0.25) is 0 Å². The van der Waals surface area contributed by atoms with Gasteiger partial charge in [-0.25, -0.2) is 0 Å². The average Bonchev–Trinajstić information content (AvgIpc) is 2.63. The number of aromatic nitrogens is 1. The van der Waals surface area contributed by atoms with Crippen molar-refractivity contribution in [3.05, 3.63) is 42.2 Å². The highest BCUT2D eigenvalue weighted by molar-refractivity contribution is 5.51. The summed E-state index contributed by atoms with van der Waals surface area (Å²) in [7, 11) is 0. The maximum atomic E-state index is 2.25. The third-order valence-corrected chi connectivity index (χ3v) is 2.37. The van der Waals surface area contributed by atoms with E-state index in [2.05, 4.69) is 61.8 Å². The van der Waals surface area contributed by atoms with Crippen LogP contribution in [-0.2, 0) is 5.41 Å². The molecule has 0 amide bonds. The van der Waals surface area contributed by atoms with Gasteiger partial charge in [-0.2, -0.15) is 0 Å². The lowest BCUT2D eigenvalue weighted by molar-refractivity contribution is 0.590. The zero-order valence-electron chi connectivity index (χ0n) is 10.4. The normalized spacial score (nSPS) is 11.0. The summed E-state index contributed by atoms with van der Waals surface area (Å²) in [5.41, 5.74) is 2.90. The molecule has 1 nitrogen and oxygen atoms in total. The predicted molar refractivity (Wildman–Crippen MR) is 67.4 cm³/mol. The predicted octanol–water partition coefficient (Wildman–Crippen LogP) is 4.26. The highest BCUT2D eigenvalue weighted by atomic mass is 14.9. The molecule has 0 unspecified atom stereocenters. The second-order valence-electron chi connectivity index (χ2n) is 4.51. The van der Waals surface area contributed by atoms with Gasteiger partial charge in [-0.3, -0.25) is 0 Å². The molecule has 0 aromatic carbocycles. The van der Waals surface area contributed by atoms with Gasteiger partial charge >= 0.3 is 0 Å². The molecule has 0 bridgehead atoms. The van der Waals surface area contributed by atoms with Gasteiger partial charge in [0.25, 0.3) is 0 Å². The van der Waals surface area contributed by atoms with Gasteiger partial charge in [-0.15, -0.1) is 0 Å². The number of pyridine rings is 1. The molecule has 82 valence electrons. The van der Waals surface area contributed by atoms with E-state index < -0.39 is 0 Å². The summed E-state index contributed by atoms with van der Waals surface area (Å²) in [6.45, 7) is 10.7. The highest BCUT2D eigenvalue weighted by Crippen LogP contribution is 2.24. The van der Waals surface area contributed by atoms with Gasteiger partial charge in [-0.05, 0) is 29.2 Å². The van der Waals surface area contributed by atoms with E-state index in [1.165, 1.54) is 11.1 Å². The Kier molecular flexibility index (Phi) is 3.57. The third kappa shape index (κ3) is 2.62. The molecule has 0 aliphatic rings. The summed E-state index contributed by atoms with van der Waals surface area (Å²) in [6.07, 6.45) is 4.29. The van der Waals surface area contributed by atoms with Crippen LogP contribution < -0.4 is 0 Å². The molecule has 0 atom stereocenters. The number of hydrogen-bond acceptors (Lipinski definition) is 0. The minimum Gasteiger partial charge on any atom is -0.324 e. The molecule has 0 fully saturated rings. The summed E-state index contributed by atoms with van der Waals surface area (Å²) < 4.78 is 2.17. The van der Waals surface area contributed by atoms with Crippen molar-refractivity contribution in [3.63, 3.8) is 0 Å². The van der Waals surface area contributed by atoms with E-state index in [1.54, 1.807) is 0 Å². The van der Waals surface area contributed by atoms with E-state index >= 15 is 0 Å². The van der Waals surface area contributed by atoms with E-state index in [4.69, 9.17) is 0 Å². The maximum Gasteiger partial charge on any atom is 0.0452 e. The van der Waals surface area contributed by atoms with E-state index in [0.29, 0.717) is 0 Å². The summed E-state index contributed by atoms with van der Waals surface area (Å²) in [4.78, 5) is 0. The van der Waals surface area contributed by atoms with Crippen molar-refractivity contribution in [3.8, 4) is 0 Å². The first-order valence-corrected chi connectivity index (χ1v) is 5.64. The molecule has 0 aliphatic carbocycles. The quantitative estimate of drug-likeness (QED) is 0.602. The molecule has 0 radical (unpaired) electrons. The monoisotopic (exact) mass is 203 g/mol. The van der Waals surface area contributed by atoms with Crippen LogP contribution in [0.25, 0.3) is 5.52 Å². The zero-order chi connectivity index (χ0) is 11.5. The Morgan fingerprint density at radius 1 is 1.07 bits per heavy atom. The van der Waals surface area contributed by atoms with Gasteiger partial charge in [0.05, 0.1) is 0 Å². The van der Waals surface area contributed by atoms with Crippen LogP contribution in [0.15, 0.2) is 36.7 Å². The van der Waals surface area contributed by atoms with Crippen molar-refractivity contribution in [1.29, 1.82) is 0 Å². The molecule has 2 heterocycles. The molecule has 0 saturated heterocycles. The van der Waals surface area contributed by atoms with Crippen molar-refractivity contribution in [2.75, 3.05) is 0 Å². The number of rotatable bonds is 0. The van der Waals surface area contributed by atoms with Gasteiger partial charge in [0.1, 0.15) is 0 Å². The second-order valence-corrected chi connectivity index (χ2v) is 4.51. The SMILES string of the molecule is CC.CC(C)(C)c1cc2ccccn2c1. The van der Waals surface area contributed by atoms with Crippen LogP contribution in [0.3, 0.4) is 0 Å². The summed E-state index contributed by atoms with van der Waals surface area (Å²) in [6, 6.07) is 8.51. The molecule has 0 spiro atoms. The minimum absolute atomic E-state index is 0.242. The topological polar surface area (TPSA) is 4.41 Å². The largest absolute Gasteiger partial charge is 0.324 e. The Labute approximate surface area is 92.7 Å². The standard InChI is InChI=1S/C12H15N.C2H6/c1-12(2,3)10-8-11-6-4-5-7-13(11)9-10;1-2/h4-9H,1-3H3;1-2H3. The second kappa shape index (κ2) is 4.52. The Hall–Kier alpha value is -1.24. The van der Waals surface area contributed by atoms with Crippen molar-refractivity contribution in [2.45, 2.75) is 40.0 Å². The van der Waals surface area contributed by atoms with E-state index in [9.17, 15) is 0 Å². The summed E-state index contributed by atoms with van der Waals surface area (Å²) in [5.74, 6) is 0. The number of hydrogen-bond donors (Lipinski definition) is 0. The Bertz CT molecular complexity index is 385. The van der Waals surface area contributed by atoms with Crippen molar-refractivity contribution in [1.82, 2.24) is 4.40 Å². The smallest absolute Gasteiger partial charge is 0.0452 e. The fourth-order valence-corrected chi connectivity index (χ4v) is 1.47. The van der Waals surface area contributed by atoms with Crippen LogP contribution in [0.5, 0.6) is 0 Å². The Morgan fingerprint density at radius 2 is 1.73 bits per heavy atom. The highest BCUT2D eigenvalue weighted by Gasteiger charge is 2.14. The fraction of sp³-hybridized carbons (Fsp3) is 0.429. The molecular weight excluding hydrogens is 182 g/mol. The first-order chi connectivity index (χ1) is 7.07. The molecular formula is C14H21N. The lowest BCUT2D eigenvalue weighted by atomic mass is 9.89. The van der Waals surface area contributed by atoms with E-state index in [1.807, 2.05) is 13.8 Å². The van der Waals surface area contributed by atoms with Gasteiger partial charge < -0.3 is 4.40 Å². The molecule has 0 N–H and O–H groups in total. The van der Waals surface area contributed by atoms with Gasteiger partial charge in [0, 0.05) is 17.9 Å². The van der Waals surface area contributed by atoms with E-state index in [-0.39, 0.29) is 5.41 Å². The Morgan fingerprint density at radius 3 is 2.27 bits per heavy atom. The zero-order valence-corrected chi connectivity index (χ0v) is 10.4. The number of fused-ring (bicyclic) bond motifs is 1. The summed E-state index contributed by atoms with van der Waals surface area (Å²) >= 11 is 0. The van der Waals surface area contributed by atoms with Crippen LogP contribution >= 0.6 is 0 Å². The van der Waals surface area contributed by atoms with Crippen molar-refractivity contribution >= 4 is 5.52 Å². The van der Waals surface area contributed by atoms with Crippen LogP contribution in [0.2, 0.25) is 0 Å². The third-order valence-electron chi connectivity index (χ3n) is 2.37. The molecule has 2 aromatic heterocycles. The van der Waals surface area contributed by atoms with Crippen LogP contribution in [0, 0.1) is 0 Å². The van der Waals surface area contributed by atoms with Gasteiger partial charge in [0.15, 0.2) is 0 Å². The van der Waals surface area contributed by atoms with E-state index in [0.717, 1.165) is 0 Å². The first-order valence-electron chi connectivity index (χ1n) is 5.64. The first kappa shape index (κ1) is 11.8. The molecule has 0 aliphatic heterocycles. The minimum atomic E-state index is 0.242. The lowest BCUT2D eigenvalue weighted by Crippen LogP contribution is -2.09. The molecule has 0 saturated carbocycles. The van der Waals surface area contributed by atoms with Crippen molar-refractivity contribution < 1.29 is 0 Å². The van der Waals surface area contributed by atoms with Crippen LogP contribution in [-0.4, -0.2) is 4.40 Å². The van der Waals surface area contributed by atoms with Crippen LogP contribution in [0.1, 0.15) is 40.2 Å². The average molecular weight is 203 g/mol. The lowest BCUT2D eigenvalue weighted by Gasteiger charge is -2.15. The number of nitrogens with zero attached hydrogens (tertiary/aromatic N) is 1. The van der Waals surface area contributed by atoms with Crippen molar-refractivity contribution in [2.24, 2.45) is 0 Å².